The average Bonchev–Trinajstić information content (AvgIpc) is 2.66. The Bertz CT molecular complexity index is 756. The summed E-state index contributed by atoms with van der Waals surface area (Å²) in [5.41, 5.74) is 2.21. The standard InChI is InChI=1S/C20H22ClFN2O2/c1-26-20(25)16-5-2-4-15(12-16)13-23-8-10-24(11-9-23)14-17-18(21)6-3-7-19(17)22/h2-7,12H,8-11,13-14H2,1H3. The predicted octanol–water partition coefficient (Wildman–Crippen LogP) is 3.58. The number of hydrogen-bond donors (Lipinski definition) is 0. The molecule has 1 aliphatic heterocycles. The Labute approximate surface area is 158 Å². The van der Waals surface area contributed by atoms with Gasteiger partial charge in [-0.3, -0.25) is 9.80 Å². The van der Waals surface area contributed by atoms with Gasteiger partial charge in [-0.25, -0.2) is 9.18 Å². The van der Waals surface area contributed by atoms with Crippen LogP contribution in [0.15, 0.2) is 42.5 Å². The summed E-state index contributed by atoms with van der Waals surface area (Å²) in [5, 5.41) is 0.479. The minimum atomic E-state index is -0.321. The van der Waals surface area contributed by atoms with Crippen LogP contribution in [0.1, 0.15) is 21.5 Å². The number of halogens is 2. The zero-order chi connectivity index (χ0) is 18.5. The van der Waals surface area contributed by atoms with Crippen molar-refractivity contribution in [3.8, 4) is 0 Å². The number of carbonyl (C=O) groups is 1. The van der Waals surface area contributed by atoms with Crippen molar-refractivity contribution in [3.05, 3.63) is 70.0 Å². The van der Waals surface area contributed by atoms with E-state index in [1.165, 1.54) is 13.2 Å². The molecule has 0 aliphatic carbocycles. The van der Waals surface area contributed by atoms with Gasteiger partial charge in [-0.15, -0.1) is 0 Å². The van der Waals surface area contributed by atoms with Gasteiger partial charge in [0.15, 0.2) is 0 Å². The van der Waals surface area contributed by atoms with Crippen molar-refractivity contribution in [2.75, 3.05) is 33.3 Å². The van der Waals surface area contributed by atoms with E-state index in [0.717, 1.165) is 38.3 Å². The van der Waals surface area contributed by atoms with Crippen LogP contribution >= 0.6 is 11.6 Å². The number of ether oxygens (including phenoxy) is 1. The van der Waals surface area contributed by atoms with Gasteiger partial charge in [0.1, 0.15) is 5.82 Å². The fourth-order valence-electron chi connectivity index (χ4n) is 3.19. The molecule has 3 rings (SSSR count). The van der Waals surface area contributed by atoms with Crippen LogP contribution in [0, 0.1) is 5.82 Å². The van der Waals surface area contributed by atoms with Gasteiger partial charge in [0.25, 0.3) is 0 Å². The smallest absolute Gasteiger partial charge is 0.337 e. The van der Waals surface area contributed by atoms with Crippen molar-refractivity contribution in [2.45, 2.75) is 13.1 Å². The highest BCUT2D eigenvalue weighted by molar-refractivity contribution is 6.31. The van der Waals surface area contributed by atoms with Crippen LogP contribution in [0.3, 0.4) is 0 Å². The first kappa shape index (κ1) is 18.8. The number of hydrogen-bond acceptors (Lipinski definition) is 4. The Hall–Kier alpha value is -1.95. The lowest BCUT2D eigenvalue weighted by Gasteiger charge is -2.35. The summed E-state index contributed by atoms with van der Waals surface area (Å²) in [4.78, 5) is 16.2. The lowest BCUT2D eigenvalue weighted by Crippen LogP contribution is -2.45. The minimum absolute atomic E-state index is 0.250. The number of esters is 1. The molecule has 4 nitrogen and oxygen atoms in total. The van der Waals surface area contributed by atoms with Gasteiger partial charge < -0.3 is 4.74 Å². The minimum Gasteiger partial charge on any atom is -0.465 e. The fourth-order valence-corrected chi connectivity index (χ4v) is 3.41. The summed E-state index contributed by atoms with van der Waals surface area (Å²) >= 11 is 6.12. The van der Waals surface area contributed by atoms with Gasteiger partial charge >= 0.3 is 5.97 Å². The third-order valence-corrected chi connectivity index (χ3v) is 5.02. The molecular formula is C20H22ClFN2O2. The molecule has 0 saturated carbocycles. The SMILES string of the molecule is COC(=O)c1cccc(CN2CCN(Cc3c(F)cccc3Cl)CC2)c1. The van der Waals surface area contributed by atoms with E-state index in [0.29, 0.717) is 22.7 Å². The summed E-state index contributed by atoms with van der Waals surface area (Å²) in [6.45, 7) is 4.77. The Morgan fingerprint density at radius 3 is 2.38 bits per heavy atom. The molecule has 1 saturated heterocycles. The third kappa shape index (κ3) is 4.61. The van der Waals surface area contributed by atoms with Gasteiger partial charge in [-0.1, -0.05) is 29.8 Å². The molecule has 6 heteroatoms. The fraction of sp³-hybridized carbons (Fsp3) is 0.350. The Balaban J connectivity index is 1.55. The number of rotatable bonds is 5. The van der Waals surface area contributed by atoms with Crippen LogP contribution in [0.2, 0.25) is 5.02 Å². The molecule has 0 aromatic heterocycles. The van der Waals surface area contributed by atoms with Crippen LogP contribution in [0.5, 0.6) is 0 Å². The van der Waals surface area contributed by atoms with Crippen molar-refractivity contribution < 1.29 is 13.9 Å². The number of benzene rings is 2. The monoisotopic (exact) mass is 376 g/mol. The topological polar surface area (TPSA) is 32.8 Å². The molecule has 0 bridgehead atoms. The molecule has 0 radical (unpaired) electrons. The summed E-state index contributed by atoms with van der Waals surface area (Å²) in [6.07, 6.45) is 0. The van der Waals surface area contributed by atoms with Crippen LogP contribution in [-0.2, 0) is 17.8 Å². The van der Waals surface area contributed by atoms with Gasteiger partial charge in [-0.05, 0) is 29.8 Å². The maximum absolute atomic E-state index is 13.9. The zero-order valence-corrected chi connectivity index (χ0v) is 15.5. The molecule has 0 unspecified atom stereocenters. The zero-order valence-electron chi connectivity index (χ0n) is 14.8. The quantitative estimate of drug-likeness (QED) is 0.747. The van der Waals surface area contributed by atoms with Crippen LogP contribution in [-0.4, -0.2) is 49.1 Å². The van der Waals surface area contributed by atoms with E-state index in [-0.39, 0.29) is 11.8 Å². The first-order chi connectivity index (χ1) is 12.6. The Morgan fingerprint density at radius 1 is 1.08 bits per heavy atom. The van der Waals surface area contributed by atoms with Crippen LogP contribution in [0.4, 0.5) is 4.39 Å². The third-order valence-electron chi connectivity index (χ3n) is 4.66. The van der Waals surface area contributed by atoms with E-state index < -0.39 is 0 Å². The number of nitrogens with zero attached hydrogens (tertiary/aromatic N) is 2. The second-order valence-corrected chi connectivity index (χ2v) is 6.85. The van der Waals surface area contributed by atoms with Gasteiger partial charge in [0, 0.05) is 49.9 Å². The van der Waals surface area contributed by atoms with Crippen LogP contribution < -0.4 is 0 Å². The Kier molecular flexibility index (Phi) is 6.25. The predicted molar refractivity (Wildman–Crippen MR) is 99.7 cm³/mol. The lowest BCUT2D eigenvalue weighted by molar-refractivity contribution is 0.0600. The molecule has 1 heterocycles. The molecule has 2 aromatic rings. The lowest BCUT2D eigenvalue weighted by atomic mass is 10.1. The normalized spacial score (nSPS) is 15.8. The highest BCUT2D eigenvalue weighted by atomic mass is 35.5. The van der Waals surface area contributed by atoms with Crippen molar-refractivity contribution in [1.82, 2.24) is 9.80 Å². The van der Waals surface area contributed by atoms with Gasteiger partial charge in [-0.2, -0.15) is 0 Å². The van der Waals surface area contributed by atoms with Crippen molar-refractivity contribution >= 4 is 17.6 Å². The number of methoxy groups -OCH3 is 1. The first-order valence-electron chi connectivity index (χ1n) is 8.61. The largest absolute Gasteiger partial charge is 0.465 e. The molecule has 0 atom stereocenters. The molecular weight excluding hydrogens is 355 g/mol. The van der Waals surface area contributed by atoms with E-state index in [4.69, 9.17) is 16.3 Å². The molecule has 1 aliphatic rings. The molecule has 0 spiro atoms. The molecule has 1 fully saturated rings. The molecule has 0 N–H and O–H groups in total. The highest BCUT2D eigenvalue weighted by Crippen LogP contribution is 2.21. The Morgan fingerprint density at radius 2 is 1.73 bits per heavy atom. The van der Waals surface area contributed by atoms with E-state index in [2.05, 4.69) is 9.80 Å². The molecule has 2 aromatic carbocycles. The molecule has 138 valence electrons. The van der Waals surface area contributed by atoms with Crippen molar-refractivity contribution in [2.24, 2.45) is 0 Å². The summed E-state index contributed by atoms with van der Waals surface area (Å²) in [7, 11) is 1.38. The number of piperazine rings is 1. The highest BCUT2D eigenvalue weighted by Gasteiger charge is 2.19. The molecule has 0 amide bonds. The van der Waals surface area contributed by atoms with E-state index in [1.54, 1.807) is 18.2 Å². The number of carbonyl (C=O) groups excluding carboxylic acids is 1. The summed E-state index contributed by atoms with van der Waals surface area (Å²) in [5.74, 6) is -0.571. The van der Waals surface area contributed by atoms with Gasteiger partial charge in [0.2, 0.25) is 0 Å². The summed E-state index contributed by atoms with van der Waals surface area (Å²) < 4.78 is 18.7. The van der Waals surface area contributed by atoms with Crippen molar-refractivity contribution in [3.63, 3.8) is 0 Å². The van der Waals surface area contributed by atoms with Gasteiger partial charge in [0.05, 0.1) is 12.7 Å². The second-order valence-electron chi connectivity index (χ2n) is 6.44. The maximum atomic E-state index is 13.9. The van der Waals surface area contributed by atoms with Crippen molar-refractivity contribution in [1.29, 1.82) is 0 Å². The first-order valence-corrected chi connectivity index (χ1v) is 8.99. The van der Waals surface area contributed by atoms with E-state index >= 15 is 0 Å². The maximum Gasteiger partial charge on any atom is 0.337 e. The van der Waals surface area contributed by atoms with Crippen LogP contribution in [0.25, 0.3) is 0 Å². The second kappa shape index (κ2) is 8.62. The van der Waals surface area contributed by atoms with E-state index in [9.17, 15) is 9.18 Å². The average molecular weight is 377 g/mol. The summed E-state index contributed by atoms with van der Waals surface area (Å²) in [6, 6.07) is 12.3. The molecule has 26 heavy (non-hydrogen) atoms. The van der Waals surface area contributed by atoms with E-state index in [1.807, 2.05) is 18.2 Å².